The molecule has 0 bridgehead atoms. The van der Waals surface area contributed by atoms with Crippen LogP contribution in [0.4, 0.5) is 0 Å². The SMILES string of the molecule is COC(C(=O)Cc1nc2ccccc2s1)c1ccccc1. The molecule has 4 heteroatoms. The quantitative estimate of drug-likeness (QED) is 0.719. The van der Waals surface area contributed by atoms with Crippen LogP contribution in [0.15, 0.2) is 54.6 Å². The summed E-state index contributed by atoms with van der Waals surface area (Å²) in [6.07, 6.45) is -0.231. The fourth-order valence-electron chi connectivity index (χ4n) is 2.32. The molecule has 1 heterocycles. The molecule has 0 aliphatic heterocycles. The van der Waals surface area contributed by atoms with Crippen LogP contribution in [-0.4, -0.2) is 17.9 Å². The number of Topliss-reactive ketones (excluding diaryl/α,β-unsaturated/α-hetero) is 1. The number of para-hydroxylation sites is 1. The lowest BCUT2D eigenvalue weighted by molar-refractivity contribution is -0.128. The molecule has 0 fully saturated rings. The molecule has 0 amide bonds. The maximum atomic E-state index is 12.5. The number of nitrogens with zero attached hydrogens (tertiary/aromatic N) is 1. The van der Waals surface area contributed by atoms with Crippen LogP contribution >= 0.6 is 11.3 Å². The third kappa shape index (κ3) is 3.01. The summed E-state index contributed by atoms with van der Waals surface area (Å²) in [7, 11) is 1.56. The minimum atomic E-state index is -0.529. The Hall–Kier alpha value is -2.04. The second kappa shape index (κ2) is 6.16. The number of rotatable bonds is 5. The van der Waals surface area contributed by atoms with Crippen molar-refractivity contribution in [1.29, 1.82) is 0 Å². The lowest BCUT2D eigenvalue weighted by Crippen LogP contribution is -2.16. The molecule has 0 saturated heterocycles. The van der Waals surface area contributed by atoms with Gasteiger partial charge in [0, 0.05) is 7.11 Å². The van der Waals surface area contributed by atoms with Gasteiger partial charge in [-0.25, -0.2) is 4.98 Å². The van der Waals surface area contributed by atoms with Crippen molar-refractivity contribution in [3.05, 3.63) is 65.2 Å². The van der Waals surface area contributed by atoms with Crippen molar-refractivity contribution in [1.82, 2.24) is 4.98 Å². The standard InChI is InChI=1S/C17H15NO2S/c1-20-17(12-7-3-2-4-8-12)14(19)11-16-18-13-9-5-6-10-15(13)21-16/h2-10,17H,11H2,1H3. The van der Waals surface area contributed by atoms with Crippen LogP contribution in [0, 0.1) is 0 Å². The van der Waals surface area contributed by atoms with Gasteiger partial charge in [-0.05, 0) is 17.7 Å². The highest BCUT2D eigenvalue weighted by Crippen LogP contribution is 2.25. The van der Waals surface area contributed by atoms with E-state index >= 15 is 0 Å². The van der Waals surface area contributed by atoms with Crippen LogP contribution in [-0.2, 0) is 16.0 Å². The number of fused-ring (bicyclic) bond motifs is 1. The van der Waals surface area contributed by atoms with E-state index in [-0.39, 0.29) is 5.78 Å². The van der Waals surface area contributed by atoms with E-state index in [1.165, 1.54) is 0 Å². The first-order chi connectivity index (χ1) is 10.3. The molecule has 1 aromatic heterocycles. The molecule has 0 spiro atoms. The van der Waals surface area contributed by atoms with Gasteiger partial charge < -0.3 is 4.74 Å². The molecule has 0 radical (unpaired) electrons. The second-order valence-corrected chi connectivity index (χ2v) is 5.86. The number of aromatic nitrogens is 1. The van der Waals surface area contributed by atoms with Gasteiger partial charge in [0.25, 0.3) is 0 Å². The molecule has 0 aliphatic carbocycles. The fraction of sp³-hybridized carbons (Fsp3) is 0.176. The average molecular weight is 297 g/mol. The molecule has 2 aromatic carbocycles. The molecule has 0 aliphatic rings. The molecule has 1 atom stereocenters. The van der Waals surface area contributed by atoms with E-state index < -0.39 is 6.10 Å². The van der Waals surface area contributed by atoms with E-state index in [9.17, 15) is 4.79 Å². The van der Waals surface area contributed by atoms with Crippen molar-refractivity contribution in [2.45, 2.75) is 12.5 Å². The summed E-state index contributed by atoms with van der Waals surface area (Å²) in [6.45, 7) is 0. The predicted octanol–water partition coefficient (Wildman–Crippen LogP) is 3.80. The Morgan fingerprint density at radius 2 is 1.86 bits per heavy atom. The summed E-state index contributed by atoms with van der Waals surface area (Å²) in [5, 5.41) is 0.833. The first-order valence-corrected chi connectivity index (χ1v) is 7.54. The van der Waals surface area contributed by atoms with Gasteiger partial charge in [-0.15, -0.1) is 11.3 Å². The van der Waals surface area contributed by atoms with Crippen LogP contribution < -0.4 is 0 Å². The Labute approximate surface area is 127 Å². The Morgan fingerprint density at radius 1 is 1.14 bits per heavy atom. The van der Waals surface area contributed by atoms with Gasteiger partial charge >= 0.3 is 0 Å². The first kappa shape index (κ1) is 13.9. The van der Waals surface area contributed by atoms with Crippen LogP contribution in [0.2, 0.25) is 0 Å². The van der Waals surface area contributed by atoms with E-state index in [0.717, 1.165) is 20.8 Å². The summed E-state index contributed by atoms with van der Waals surface area (Å²) in [4.78, 5) is 17.0. The van der Waals surface area contributed by atoms with Gasteiger partial charge in [-0.2, -0.15) is 0 Å². The van der Waals surface area contributed by atoms with Gasteiger partial charge in [-0.1, -0.05) is 42.5 Å². The van der Waals surface area contributed by atoms with Crippen molar-refractivity contribution in [3.8, 4) is 0 Å². The van der Waals surface area contributed by atoms with Crippen molar-refractivity contribution in [2.75, 3.05) is 7.11 Å². The zero-order chi connectivity index (χ0) is 14.7. The second-order valence-electron chi connectivity index (χ2n) is 4.74. The molecule has 0 saturated carbocycles. The zero-order valence-electron chi connectivity index (χ0n) is 11.7. The van der Waals surface area contributed by atoms with Crippen molar-refractivity contribution >= 4 is 27.3 Å². The molecule has 3 nitrogen and oxygen atoms in total. The highest BCUT2D eigenvalue weighted by atomic mass is 32.1. The van der Waals surface area contributed by atoms with Crippen LogP contribution in [0.1, 0.15) is 16.7 Å². The Kier molecular flexibility index (Phi) is 4.08. The van der Waals surface area contributed by atoms with Gasteiger partial charge in [0.15, 0.2) is 5.78 Å². The molecule has 0 N–H and O–H groups in total. The highest BCUT2D eigenvalue weighted by Gasteiger charge is 2.21. The maximum Gasteiger partial charge on any atom is 0.172 e. The number of hydrogen-bond acceptors (Lipinski definition) is 4. The lowest BCUT2D eigenvalue weighted by Gasteiger charge is -2.13. The predicted molar refractivity (Wildman–Crippen MR) is 84.5 cm³/mol. The highest BCUT2D eigenvalue weighted by molar-refractivity contribution is 7.18. The molecule has 3 aromatic rings. The minimum Gasteiger partial charge on any atom is -0.369 e. The number of ether oxygens (including phenoxy) is 1. The van der Waals surface area contributed by atoms with E-state index in [1.807, 2.05) is 54.6 Å². The third-order valence-corrected chi connectivity index (χ3v) is 4.33. The number of benzene rings is 2. The van der Waals surface area contributed by atoms with E-state index in [0.29, 0.717) is 6.42 Å². The minimum absolute atomic E-state index is 0.0303. The topological polar surface area (TPSA) is 39.2 Å². The molecule has 3 rings (SSSR count). The zero-order valence-corrected chi connectivity index (χ0v) is 12.5. The third-order valence-electron chi connectivity index (χ3n) is 3.29. The van der Waals surface area contributed by atoms with Crippen LogP contribution in [0.3, 0.4) is 0 Å². The number of carbonyl (C=O) groups is 1. The molecule has 21 heavy (non-hydrogen) atoms. The summed E-state index contributed by atoms with van der Waals surface area (Å²) >= 11 is 1.56. The smallest absolute Gasteiger partial charge is 0.172 e. The molecule has 1 unspecified atom stereocenters. The number of thiazole rings is 1. The molecular formula is C17H15NO2S. The van der Waals surface area contributed by atoms with Crippen LogP contribution in [0.5, 0.6) is 0 Å². The summed E-state index contributed by atoms with van der Waals surface area (Å²) in [6, 6.07) is 17.5. The maximum absolute atomic E-state index is 12.5. The Morgan fingerprint density at radius 3 is 2.57 bits per heavy atom. The number of hydrogen-bond donors (Lipinski definition) is 0. The van der Waals surface area contributed by atoms with E-state index in [2.05, 4.69) is 4.98 Å². The normalized spacial score (nSPS) is 12.4. The summed E-state index contributed by atoms with van der Waals surface area (Å²) < 4.78 is 6.48. The van der Waals surface area contributed by atoms with E-state index in [1.54, 1.807) is 18.4 Å². The first-order valence-electron chi connectivity index (χ1n) is 6.73. The average Bonchev–Trinajstić information content (AvgIpc) is 2.91. The summed E-state index contributed by atoms with van der Waals surface area (Å²) in [5.41, 5.74) is 1.82. The van der Waals surface area contributed by atoms with Gasteiger partial charge in [0.2, 0.25) is 0 Å². The van der Waals surface area contributed by atoms with E-state index in [4.69, 9.17) is 4.74 Å². The summed E-state index contributed by atoms with van der Waals surface area (Å²) in [5.74, 6) is 0.0303. The number of carbonyl (C=O) groups excluding carboxylic acids is 1. The van der Waals surface area contributed by atoms with Gasteiger partial charge in [-0.3, -0.25) is 4.79 Å². The number of methoxy groups -OCH3 is 1. The van der Waals surface area contributed by atoms with Crippen LogP contribution in [0.25, 0.3) is 10.2 Å². The monoisotopic (exact) mass is 297 g/mol. The van der Waals surface area contributed by atoms with Crippen molar-refractivity contribution < 1.29 is 9.53 Å². The fourth-order valence-corrected chi connectivity index (χ4v) is 3.30. The van der Waals surface area contributed by atoms with Crippen molar-refractivity contribution in [2.24, 2.45) is 0 Å². The largest absolute Gasteiger partial charge is 0.369 e. The molecule has 106 valence electrons. The lowest BCUT2D eigenvalue weighted by atomic mass is 10.0. The Balaban J connectivity index is 1.81. The van der Waals surface area contributed by atoms with Gasteiger partial charge in [0.1, 0.15) is 11.1 Å². The molecular weight excluding hydrogens is 282 g/mol. The number of ketones is 1. The van der Waals surface area contributed by atoms with Gasteiger partial charge in [0.05, 0.1) is 16.6 Å². The van der Waals surface area contributed by atoms with Crippen molar-refractivity contribution in [3.63, 3.8) is 0 Å². The Bertz CT molecular complexity index is 719.